The lowest BCUT2D eigenvalue weighted by molar-refractivity contribution is 0.173. The van der Waals surface area contributed by atoms with Gasteiger partial charge in [0, 0.05) is 12.7 Å². The average molecular weight is 214 g/mol. The van der Waals surface area contributed by atoms with E-state index in [1.54, 1.807) is 6.07 Å². The Kier molecular flexibility index (Phi) is 4.05. The van der Waals surface area contributed by atoms with Crippen molar-refractivity contribution in [2.45, 2.75) is 19.6 Å². The second-order valence-electron chi connectivity index (χ2n) is 3.26. The molecule has 0 aromatic heterocycles. The molecule has 4 heteroatoms. The number of halogens is 1. The van der Waals surface area contributed by atoms with E-state index < -0.39 is 11.9 Å². The van der Waals surface area contributed by atoms with Gasteiger partial charge in [0.2, 0.25) is 0 Å². The summed E-state index contributed by atoms with van der Waals surface area (Å²) in [4.78, 5) is 0. The molecule has 0 radical (unpaired) electrons. The van der Waals surface area contributed by atoms with Gasteiger partial charge in [0.05, 0.1) is 25.4 Å². The molecule has 0 spiro atoms. The predicted octanol–water partition coefficient (Wildman–Crippen LogP) is 2.03. The summed E-state index contributed by atoms with van der Waals surface area (Å²) >= 11 is 0. The smallest absolute Gasteiger partial charge is 0.138 e. The van der Waals surface area contributed by atoms with Crippen LogP contribution in [0.1, 0.15) is 24.2 Å². The van der Waals surface area contributed by atoms with Gasteiger partial charge in [0.15, 0.2) is 0 Å². The Hall–Kier alpha value is -1.13. The molecule has 0 aliphatic heterocycles. The highest BCUT2D eigenvalue weighted by molar-refractivity contribution is 5.39. The molecule has 1 rings (SSSR count). The van der Waals surface area contributed by atoms with Gasteiger partial charge in [-0.2, -0.15) is 0 Å². The van der Waals surface area contributed by atoms with Crippen molar-refractivity contribution >= 4 is 0 Å². The second kappa shape index (κ2) is 5.09. The zero-order valence-electron chi connectivity index (χ0n) is 9.08. The first kappa shape index (κ1) is 11.9. The average Bonchev–Trinajstić information content (AvgIpc) is 2.20. The molecule has 1 N–H and O–H groups in total. The van der Waals surface area contributed by atoms with Crippen molar-refractivity contribution in [3.8, 4) is 5.75 Å². The predicted molar refractivity (Wildman–Crippen MR) is 54.3 cm³/mol. The third-order valence-electron chi connectivity index (χ3n) is 2.19. The molecule has 1 aromatic rings. The van der Waals surface area contributed by atoms with Crippen LogP contribution in [0.25, 0.3) is 0 Å². The van der Waals surface area contributed by atoms with Gasteiger partial charge in [-0.1, -0.05) is 0 Å². The molecule has 0 aliphatic rings. The topological polar surface area (TPSA) is 38.7 Å². The van der Waals surface area contributed by atoms with Gasteiger partial charge in [-0.3, -0.25) is 0 Å². The Bertz CT molecular complexity index is 337. The lowest BCUT2D eigenvalue weighted by atomic mass is 10.1. The summed E-state index contributed by atoms with van der Waals surface area (Å²) in [6.07, 6.45) is -0.841. The number of benzene rings is 1. The summed E-state index contributed by atoms with van der Waals surface area (Å²) in [5.41, 5.74) is 0.584. The highest BCUT2D eigenvalue weighted by Gasteiger charge is 2.16. The lowest BCUT2D eigenvalue weighted by Crippen LogP contribution is -2.04. The minimum Gasteiger partial charge on any atom is -0.496 e. The molecule has 0 aliphatic carbocycles. The van der Waals surface area contributed by atoms with E-state index in [1.807, 2.05) is 0 Å². The van der Waals surface area contributed by atoms with Gasteiger partial charge in [0.1, 0.15) is 11.6 Å². The van der Waals surface area contributed by atoms with E-state index in [0.717, 1.165) is 0 Å². The quantitative estimate of drug-likeness (QED) is 0.833. The van der Waals surface area contributed by atoms with Gasteiger partial charge >= 0.3 is 0 Å². The van der Waals surface area contributed by atoms with E-state index >= 15 is 0 Å². The van der Waals surface area contributed by atoms with E-state index in [2.05, 4.69) is 0 Å². The SMILES string of the molecule is COCc1c(OC)ccc(C(C)O)c1F. The first-order valence-corrected chi connectivity index (χ1v) is 4.64. The molecule has 0 heterocycles. The Morgan fingerprint density at radius 3 is 2.53 bits per heavy atom. The van der Waals surface area contributed by atoms with Crippen LogP contribution in [0, 0.1) is 5.82 Å². The third-order valence-corrected chi connectivity index (χ3v) is 2.19. The van der Waals surface area contributed by atoms with Crippen molar-refractivity contribution < 1.29 is 19.0 Å². The number of aliphatic hydroxyl groups excluding tert-OH is 1. The molecule has 84 valence electrons. The minimum atomic E-state index is -0.841. The van der Waals surface area contributed by atoms with E-state index in [4.69, 9.17) is 9.47 Å². The summed E-state index contributed by atoms with van der Waals surface area (Å²) in [5, 5.41) is 9.34. The zero-order chi connectivity index (χ0) is 11.4. The Morgan fingerprint density at radius 1 is 1.40 bits per heavy atom. The van der Waals surface area contributed by atoms with Crippen LogP contribution in [0.2, 0.25) is 0 Å². The van der Waals surface area contributed by atoms with Crippen LogP contribution in [0.15, 0.2) is 12.1 Å². The molecule has 3 nitrogen and oxygen atoms in total. The fourth-order valence-electron chi connectivity index (χ4n) is 1.41. The molecule has 0 saturated heterocycles. The van der Waals surface area contributed by atoms with Crippen LogP contribution in [-0.2, 0) is 11.3 Å². The third kappa shape index (κ3) is 2.46. The van der Waals surface area contributed by atoms with Gasteiger partial charge in [-0.25, -0.2) is 4.39 Å². The summed E-state index contributed by atoms with van der Waals surface area (Å²) in [6, 6.07) is 3.14. The van der Waals surface area contributed by atoms with E-state index in [-0.39, 0.29) is 12.2 Å². The fraction of sp³-hybridized carbons (Fsp3) is 0.455. The highest BCUT2D eigenvalue weighted by atomic mass is 19.1. The first-order chi connectivity index (χ1) is 7.11. The monoisotopic (exact) mass is 214 g/mol. The molecule has 1 unspecified atom stereocenters. The molecule has 1 aromatic carbocycles. The summed E-state index contributed by atoms with van der Waals surface area (Å²) in [6.45, 7) is 1.64. The molecular formula is C11H15FO3. The van der Waals surface area contributed by atoms with Crippen LogP contribution in [0.4, 0.5) is 4.39 Å². The summed E-state index contributed by atoms with van der Waals surface area (Å²) < 4.78 is 23.7. The van der Waals surface area contributed by atoms with Crippen LogP contribution in [0.5, 0.6) is 5.75 Å². The Morgan fingerprint density at radius 2 is 2.07 bits per heavy atom. The summed E-state index contributed by atoms with van der Waals surface area (Å²) in [7, 11) is 2.95. The van der Waals surface area contributed by atoms with Crippen molar-refractivity contribution in [3.63, 3.8) is 0 Å². The van der Waals surface area contributed by atoms with Crippen LogP contribution in [-0.4, -0.2) is 19.3 Å². The van der Waals surface area contributed by atoms with Gasteiger partial charge < -0.3 is 14.6 Å². The minimum absolute atomic E-state index is 0.121. The standard InChI is InChI=1S/C11H15FO3/c1-7(13)8-4-5-10(15-3)9(6-14-2)11(8)12/h4-5,7,13H,6H2,1-3H3. The highest BCUT2D eigenvalue weighted by Crippen LogP contribution is 2.28. The van der Waals surface area contributed by atoms with Crippen molar-refractivity contribution in [1.82, 2.24) is 0 Å². The van der Waals surface area contributed by atoms with Gasteiger partial charge in [0.25, 0.3) is 0 Å². The summed E-state index contributed by atoms with van der Waals surface area (Å²) in [5.74, 6) is -0.0371. The number of rotatable bonds is 4. The van der Waals surface area contributed by atoms with E-state index in [0.29, 0.717) is 11.3 Å². The molecular weight excluding hydrogens is 199 g/mol. The number of ether oxygens (including phenoxy) is 2. The number of aliphatic hydroxyl groups is 1. The normalized spacial score (nSPS) is 12.6. The molecule has 0 bridgehead atoms. The maximum absolute atomic E-state index is 13.8. The zero-order valence-corrected chi connectivity index (χ0v) is 9.08. The number of methoxy groups -OCH3 is 2. The molecule has 1 atom stereocenters. The van der Waals surface area contributed by atoms with Crippen LogP contribution >= 0.6 is 0 Å². The van der Waals surface area contributed by atoms with Gasteiger partial charge in [-0.05, 0) is 19.1 Å². The Labute approximate surface area is 88.4 Å². The lowest BCUT2D eigenvalue weighted by Gasteiger charge is -2.13. The Balaban J connectivity index is 3.22. The van der Waals surface area contributed by atoms with E-state index in [9.17, 15) is 9.50 Å². The molecule has 15 heavy (non-hydrogen) atoms. The largest absolute Gasteiger partial charge is 0.496 e. The molecule has 0 saturated carbocycles. The molecule has 0 amide bonds. The fourth-order valence-corrected chi connectivity index (χ4v) is 1.41. The first-order valence-electron chi connectivity index (χ1n) is 4.64. The van der Waals surface area contributed by atoms with Crippen LogP contribution < -0.4 is 4.74 Å². The maximum atomic E-state index is 13.8. The molecule has 0 fully saturated rings. The van der Waals surface area contributed by atoms with Crippen molar-refractivity contribution in [1.29, 1.82) is 0 Å². The number of hydrogen-bond donors (Lipinski definition) is 1. The second-order valence-corrected chi connectivity index (χ2v) is 3.26. The van der Waals surface area contributed by atoms with Crippen LogP contribution in [0.3, 0.4) is 0 Å². The number of hydrogen-bond acceptors (Lipinski definition) is 3. The van der Waals surface area contributed by atoms with Crippen molar-refractivity contribution in [2.24, 2.45) is 0 Å². The van der Waals surface area contributed by atoms with E-state index in [1.165, 1.54) is 27.2 Å². The van der Waals surface area contributed by atoms with Crippen molar-refractivity contribution in [3.05, 3.63) is 29.1 Å². The maximum Gasteiger partial charge on any atom is 0.138 e. The van der Waals surface area contributed by atoms with Crippen molar-refractivity contribution in [2.75, 3.05) is 14.2 Å². The van der Waals surface area contributed by atoms with Gasteiger partial charge in [-0.15, -0.1) is 0 Å².